The van der Waals surface area contributed by atoms with Crippen LogP contribution in [0.25, 0.3) is 10.2 Å². The van der Waals surface area contributed by atoms with E-state index in [-0.39, 0.29) is 5.91 Å². The van der Waals surface area contributed by atoms with Crippen molar-refractivity contribution in [3.05, 3.63) is 34.2 Å². The number of fused-ring (bicyclic) bond motifs is 2. The van der Waals surface area contributed by atoms with Crippen LogP contribution in [0.1, 0.15) is 34.1 Å². The molecule has 4 nitrogen and oxygen atoms in total. The first kappa shape index (κ1) is 16.9. The van der Waals surface area contributed by atoms with Crippen LogP contribution in [0.4, 0.5) is 10.1 Å². The lowest BCUT2D eigenvalue weighted by atomic mass is 9.88. The number of carbonyl (C=O) groups is 1. The van der Waals surface area contributed by atoms with Gasteiger partial charge in [-0.25, -0.2) is 4.98 Å². The number of hydrogen-bond acceptors (Lipinski definition) is 6. The van der Waals surface area contributed by atoms with Gasteiger partial charge in [-0.2, -0.15) is 0 Å². The Morgan fingerprint density at radius 1 is 1.40 bits per heavy atom. The van der Waals surface area contributed by atoms with Crippen molar-refractivity contribution in [2.24, 2.45) is 11.7 Å². The minimum Gasteiger partial charge on any atom is -0.365 e. The van der Waals surface area contributed by atoms with E-state index >= 15 is 0 Å². The average molecular weight is 390 g/mol. The molecule has 130 valence electrons. The van der Waals surface area contributed by atoms with E-state index in [0.717, 1.165) is 45.2 Å². The van der Waals surface area contributed by atoms with Crippen molar-refractivity contribution in [3.63, 3.8) is 0 Å². The van der Waals surface area contributed by atoms with Gasteiger partial charge in [0.1, 0.15) is 5.00 Å². The Morgan fingerprint density at radius 3 is 3.00 bits per heavy atom. The number of primary amides is 1. The molecule has 1 aliphatic rings. The monoisotopic (exact) mass is 389 g/mol. The van der Waals surface area contributed by atoms with Gasteiger partial charge in [0, 0.05) is 9.77 Å². The minimum atomic E-state index is -0.347. The van der Waals surface area contributed by atoms with Crippen LogP contribution < -0.4 is 11.1 Å². The van der Waals surface area contributed by atoms with Crippen LogP contribution >= 0.6 is 34.4 Å². The summed E-state index contributed by atoms with van der Waals surface area (Å²) in [7, 11) is 0. The number of hydrogen-bond donors (Lipinski definition) is 2. The molecule has 1 aliphatic carbocycles. The number of carbonyl (C=O) groups excluding carboxylic acids is 1. The second-order valence-corrected chi connectivity index (χ2v) is 9.41. The summed E-state index contributed by atoms with van der Waals surface area (Å²) in [5, 5.41) is 5.02. The summed E-state index contributed by atoms with van der Waals surface area (Å²) in [5.74, 6) is 0.312. The molecule has 4 rings (SSSR count). The highest BCUT2D eigenvalue weighted by Gasteiger charge is 2.26. The number of amides is 1. The molecule has 0 saturated heterocycles. The van der Waals surface area contributed by atoms with E-state index in [4.69, 9.17) is 5.73 Å². The molecule has 0 radical (unpaired) electrons. The van der Waals surface area contributed by atoms with E-state index in [0.29, 0.717) is 11.5 Å². The summed E-state index contributed by atoms with van der Waals surface area (Å²) in [4.78, 5) is 19.2. The predicted octanol–water partition coefficient (Wildman–Crippen LogP) is 5.05. The zero-order chi connectivity index (χ0) is 17.6. The average Bonchev–Trinajstić information content (AvgIpc) is 3.13. The topological polar surface area (TPSA) is 68.0 Å². The predicted molar refractivity (Wildman–Crippen MR) is 109 cm³/mol. The summed E-state index contributed by atoms with van der Waals surface area (Å²) in [5.41, 5.74) is 8.47. The lowest BCUT2D eigenvalue weighted by Crippen LogP contribution is -2.17. The molecule has 2 aromatic heterocycles. The van der Waals surface area contributed by atoms with Crippen molar-refractivity contribution in [2.45, 2.75) is 31.1 Å². The Hall–Kier alpha value is -1.57. The van der Waals surface area contributed by atoms with Gasteiger partial charge >= 0.3 is 0 Å². The fourth-order valence-corrected chi connectivity index (χ4v) is 6.19. The lowest BCUT2D eigenvalue weighted by molar-refractivity contribution is 0.1000. The maximum Gasteiger partial charge on any atom is 0.251 e. The normalized spacial score (nSPS) is 16.8. The SMILES string of the molecule is CSc1ccc2nc(Nc3sc4c(c3C(N)=O)CC[C@@H](C)C4)sc2c1. The minimum absolute atomic E-state index is 0.347. The highest BCUT2D eigenvalue weighted by molar-refractivity contribution is 7.98. The number of nitrogens with one attached hydrogen (secondary N) is 1. The third kappa shape index (κ3) is 3.16. The maximum absolute atomic E-state index is 12.1. The van der Waals surface area contributed by atoms with Gasteiger partial charge in [0.05, 0.1) is 15.8 Å². The van der Waals surface area contributed by atoms with E-state index in [1.54, 1.807) is 34.4 Å². The van der Waals surface area contributed by atoms with Crippen LogP contribution in [-0.2, 0) is 12.8 Å². The molecule has 0 fully saturated rings. The number of thiazole rings is 1. The van der Waals surface area contributed by atoms with Gasteiger partial charge in [-0.3, -0.25) is 4.79 Å². The molecule has 1 atom stereocenters. The number of thioether (sulfide) groups is 1. The highest BCUT2D eigenvalue weighted by atomic mass is 32.2. The van der Waals surface area contributed by atoms with Crippen molar-refractivity contribution < 1.29 is 4.79 Å². The standard InChI is InChI=1S/C18H19N3OS3/c1-9-3-5-11-13(7-9)24-17(15(11)16(19)22)21-18-20-12-6-4-10(23-2)8-14(12)25-18/h4,6,8-9H,3,5,7H2,1-2H3,(H2,19,22)(H,20,21)/t9-/m1/s1. The van der Waals surface area contributed by atoms with Crippen LogP contribution in [-0.4, -0.2) is 17.1 Å². The van der Waals surface area contributed by atoms with Crippen molar-refractivity contribution in [3.8, 4) is 0 Å². The first-order valence-corrected chi connectivity index (χ1v) is 11.1. The lowest BCUT2D eigenvalue weighted by Gasteiger charge is -2.18. The molecule has 2 heterocycles. The smallest absolute Gasteiger partial charge is 0.251 e. The summed E-state index contributed by atoms with van der Waals surface area (Å²) in [6, 6.07) is 6.27. The zero-order valence-electron chi connectivity index (χ0n) is 14.1. The third-order valence-electron chi connectivity index (χ3n) is 4.57. The van der Waals surface area contributed by atoms with E-state index in [2.05, 4.69) is 35.6 Å². The Balaban J connectivity index is 1.72. The number of anilines is 2. The molecule has 1 aromatic carbocycles. The van der Waals surface area contributed by atoms with Crippen LogP contribution in [0.5, 0.6) is 0 Å². The van der Waals surface area contributed by atoms with E-state index < -0.39 is 0 Å². The van der Waals surface area contributed by atoms with Crippen molar-refractivity contribution in [1.29, 1.82) is 0 Å². The van der Waals surface area contributed by atoms with Crippen molar-refractivity contribution in [2.75, 3.05) is 11.6 Å². The number of nitrogens with zero attached hydrogens (tertiary/aromatic N) is 1. The fraction of sp³-hybridized carbons (Fsp3) is 0.333. The van der Waals surface area contributed by atoms with E-state index in [9.17, 15) is 4.79 Å². The highest BCUT2D eigenvalue weighted by Crippen LogP contribution is 2.41. The summed E-state index contributed by atoms with van der Waals surface area (Å²) >= 11 is 4.99. The summed E-state index contributed by atoms with van der Waals surface area (Å²) in [6.45, 7) is 2.26. The molecule has 0 unspecified atom stereocenters. The number of benzene rings is 1. The quantitative estimate of drug-likeness (QED) is 0.613. The first-order chi connectivity index (χ1) is 12.0. The van der Waals surface area contributed by atoms with Crippen LogP contribution in [0.3, 0.4) is 0 Å². The molecular weight excluding hydrogens is 370 g/mol. The zero-order valence-corrected chi connectivity index (χ0v) is 16.5. The Bertz CT molecular complexity index is 960. The molecule has 0 aliphatic heterocycles. The van der Waals surface area contributed by atoms with E-state index in [1.165, 1.54) is 9.77 Å². The summed E-state index contributed by atoms with van der Waals surface area (Å²) in [6.07, 6.45) is 5.14. The van der Waals surface area contributed by atoms with Gasteiger partial charge in [0.25, 0.3) is 5.91 Å². The van der Waals surface area contributed by atoms with Crippen molar-refractivity contribution in [1.82, 2.24) is 4.98 Å². The molecule has 25 heavy (non-hydrogen) atoms. The number of nitrogens with two attached hydrogens (primary N) is 1. The largest absolute Gasteiger partial charge is 0.365 e. The number of rotatable bonds is 4. The number of thiophene rings is 1. The Kier molecular flexibility index (Phi) is 4.47. The molecule has 0 saturated carbocycles. The third-order valence-corrected chi connectivity index (χ3v) is 7.40. The maximum atomic E-state index is 12.1. The van der Waals surface area contributed by atoms with Gasteiger partial charge in [-0.05, 0) is 55.2 Å². The van der Waals surface area contributed by atoms with E-state index in [1.807, 2.05) is 6.07 Å². The first-order valence-electron chi connectivity index (χ1n) is 8.21. The molecule has 3 aromatic rings. The second kappa shape index (κ2) is 6.63. The van der Waals surface area contributed by atoms with Crippen LogP contribution in [0.2, 0.25) is 0 Å². The second-order valence-electron chi connectivity index (χ2n) is 6.40. The molecule has 3 N–H and O–H groups in total. The van der Waals surface area contributed by atoms with Crippen LogP contribution in [0, 0.1) is 5.92 Å². The van der Waals surface area contributed by atoms with Gasteiger partial charge in [0.2, 0.25) is 0 Å². The van der Waals surface area contributed by atoms with Gasteiger partial charge < -0.3 is 11.1 Å². The fourth-order valence-electron chi connectivity index (χ4n) is 3.28. The van der Waals surface area contributed by atoms with Gasteiger partial charge in [-0.15, -0.1) is 23.1 Å². The molecular formula is C18H19N3OS3. The molecule has 0 spiro atoms. The Morgan fingerprint density at radius 2 is 2.24 bits per heavy atom. The molecule has 7 heteroatoms. The van der Waals surface area contributed by atoms with Gasteiger partial charge in [0.15, 0.2) is 5.13 Å². The van der Waals surface area contributed by atoms with Crippen LogP contribution in [0.15, 0.2) is 23.1 Å². The summed E-state index contributed by atoms with van der Waals surface area (Å²) < 4.78 is 1.14. The number of aromatic nitrogens is 1. The van der Waals surface area contributed by atoms with Gasteiger partial charge in [-0.1, -0.05) is 18.3 Å². The molecule has 1 amide bonds. The van der Waals surface area contributed by atoms with Crippen molar-refractivity contribution >= 4 is 60.7 Å². The Labute approximate surface area is 158 Å². The molecule has 0 bridgehead atoms.